The number of rotatable bonds is 20. The van der Waals surface area contributed by atoms with Gasteiger partial charge in [0.15, 0.2) is 5.67 Å². The first kappa shape index (κ1) is 52.0. The van der Waals surface area contributed by atoms with Crippen molar-refractivity contribution in [2.45, 2.75) is 152 Å². The fourth-order valence-electron chi connectivity index (χ4n) is 13.9. The van der Waals surface area contributed by atoms with Gasteiger partial charge >= 0.3 is 0 Å². The number of hydrogen-bond donors (Lipinski definition) is 6. The van der Waals surface area contributed by atoms with Crippen molar-refractivity contribution in [1.29, 1.82) is 0 Å². The molecule has 2 bridgehead atoms. The van der Waals surface area contributed by atoms with E-state index in [0.29, 0.717) is 55.5 Å². The van der Waals surface area contributed by atoms with Gasteiger partial charge in [-0.2, -0.15) is 0 Å². The number of nitrogens with two attached hydrogens (primary N) is 1. The van der Waals surface area contributed by atoms with Gasteiger partial charge in [0.2, 0.25) is 11.8 Å². The number of nitrogens with zero attached hydrogens (tertiary/aromatic N) is 6. The van der Waals surface area contributed by atoms with Crippen LogP contribution < -0.4 is 27.2 Å². The maximum Gasteiger partial charge on any atom is 0.258 e. The van der Waals surface area contributed by atoms with Crippen molar-refractivity contribution >= 4 is 34.8 Å². The number of thiazole rings is 1. The van der Waals surface area contributed by atoms with Gasteiger partial charge in [-0.1, -0.05) is 55.7 Å². The number of benzene rings is 2. The van der Waals surface area contributed by atoms with Crippen LogP contribution in [0.2, 0.25) is 0 Å². The van der Waals surface area contributed by atoms with Gasteiger partial charge < -0.3 is 36.2 Å². The number of para-hydroxylation sites is 1. The zero-order chi connectivity index (χ0) is 52.6. The molecule has 3 amide bonds. The summed E-state index contributed by atoms with van der Waals surface area (Å²) < 4.78 is 15.1. The van der Waals surface area contributed by atoms with E-state index >= 15 is 4.39 Å². The van der Waals surface area contributed by atoms with E-state index in [2.05, 4.69) is 61.8 Å². The number of phenolic OH excluding ortho intramolecular Hbond substituents is 1. The summed E-state index contributed by atoms with van der Waals surface area (Å²) in [6, 6.07) is 14.3. The molecule has 6 atom stereocenters. The lowest BCUT2D eigenvalue weighted by Crippen LogP contribution is -2.57. The topological polar surface area (TPSA) is 194 Å². The lowest BCUT2D eigenvalue weighted by atomic mass is 9.54. The fraction of sp³-hybridized carbons (Fsp3) is 0.559. The number of amides is 3. The highest BCUT2D eigenvalue weighted by molar-refractivity contribution is 7.13. The minimum absolute atomic E-state index is 0.0842. The molecule has 6 fully saturated rings. The third-order valence-electron chi connectivity index (χ3n) is 18.4. The molecule has 11 rings (SSSR count). The van der Waals surface area contributed by atoms with Gasteiger partial charge in [-0.3, -0.25) is 25.2 Å². The van der Waals surface area contributed by atoms with Crippen LogP contribution in [-0.4, -0.2) is 110 Å². The van der Waals surface area contributed by atoms with E-state index in [4.69, 9.17) is 15.7 Å². The number of hydrazine groups is 1. The molecule has 76 heavy (non-hydrogen) atoms. The predicted molar refractivity (Wildman–Crippen MR) is 292 cm³/mol. The van der Waals surface area contributed by atoms with E-state index < -0.39 is 23.7 Å². The van der Waals surface area contributed by atoms with Crippen molar-refractivity contribution in [3.8, 4) is 16.2 Å². The van der Waals surface area contributed by atoms with Crippen LogP contribution in [-0.2, 0) is 32.8 Å². The number of aryl methyl sites for hydroxylation is 2. The van der Waals surface area contributed by atoms with Crippen molar-refractivity contribution in [1.82, 2.24) is 51.1 Å². The number of aromatic nitrogens is 3. The van der Waals surface area contributed by atoms with Crippen molar-refractivity contribution in [3.05, 3.63) is 112 Å². The second-order valence-corrected chi connectivity index (χ2v) is 24.2. The highest BCUT2D eigenvalue weighted by Crippen LogP contribution is 2.64. The molecule has 7 aliphatic rings. The van der Waals surface area contributed by atoms with Gasteiger partial charge in [0.1, 0.15) is 29.5 Å². The number of carbonyl (C=O) groups excluding carboxylic acids is 3. The van der Waals surface area contributed by atoms with Crippen molar-refractivity contribution in [2.24, 2.45) is 29.4 Å². The Labute approximate surface area is 450 Å². The van der Waals surface area contributed by atoms with Crippen LogP contribution >= 0.6 is 11.3 Å². The summed E-state index contributed by atoms with van der Waals surface area (Å²) in [4.78, 5) is 63.4. The molecule has 2 aromatic heterocycles. The van der Waals surface area contributed by atoms with Gasteiger partial charge in [0.05, 0.1) is 27.5 Å². The Morgan fingerprint density at radius 3 is 2.45 bits per heavy atom. The molecule has 4 aliphatic carbocycles. The first-order valence-electron chi connectivity index (χ1n) is 28.2. The molecule has 7 N–H and O–H groups in total. The van der Waals surface area contributed by atoms with Gasteiger partial charge in [-0.25, -0.2) is 19.3 Å². The first-order chi connectivity index (χ1) is 36.9. The van der Waals surface area contributed by atoms with Gasteiger partial charge in [-0.15, -0.1) is 11.3 Å². The third kappa shape index (κ3) is 10.8. The zero-order valence-electron chi connectivity index (χ0n) is 44.2. The summed E-state index contributed by atoms with van der Waals surface area (Å²) in [7, 11) is 2.20. The van der Waals surface area contributed by atoms with E-state index in [1.165, 1.54) is 31.2 Å². The number of phenols is 1. The maximum atomic E-state index is 15.1. The molecule has 404 valence electrons. The van der Waals surface area contributed by atoms with Crippen LogP contribution in [0.1, 0.15) is 131 Å². The highest BCUT2D eigenvalue weighted by atomic mass is 32.1. The van der Waals surface area contributed by atoms with Crippen LogP contribution in [0.5, 0.6) is 5.75 Å². The number of halogens is 1. The number of nitrogens with one attached hydrogen (secondary N) is 4. The van der Waals surface area contributed by atoms with Crippen molar-refractivity contribution < 1.29 is 23.9 Å². The molecule has 3 aliphatic heterocycles. The van der Waals surface area contributed by atoms with E-state index in [1.807, 2.05) is 54.9 Å². The standard InChI is InChI=1S/C59H76FN11O4S/c1-37-52(76-36-65-37)42-17-15-38(16-18-42)31-62-54(73)48-13-10-26-71(48)55(74)51(66-57(75)59(60)23-24-59)41-19-21-44(22-20-41)69(2)25-9-5-3-4-6-11-39-32-63-56(64-33-39)58-29-40-27-46(58)43(30-58)35-70(34-40)49-28-47(67-68-53(49)61)45-12-7-8-14-50(45)72/h7-8,12,14-18,28,32-33,36,40-41,43-44,46,48,51,67-68,72H,3-6,9-11,13,19-27,29-31,34-35,61H2,1-2H3,(H,62,73)(H,66,75)/t40?,41?,43?,44?,46?,48-,51?,58?/m0/s1. The van der Waals surface area contributed by atoms with Crippen LogP contribution in [0.3, 0.4) is 0 Å². The Balaban J connectivity index is 0.598. The number of allylic oxidation sites excluding steroid dienone is 1. The number of unbranched alkanes of at least 4 members (excludes halogenated alkanes) is 4. The Hall–Kier alpha value is -6.07. The van der Waals surface area contributed by atoms with Crippen molar-refractivity contribution in [2.75, 3.05) is 33.2 Å². The van der Waals surface area contributed by atoms with Gasteiger partial charge in [0, 0.05) is 55.6 Å². The third-order valence-corrected chi connectivity index (χ3v) is 19.4. The average molecular weight is 1050 g/mol. The maximum absolute atomic E-state index is 15.1. The summed E-state index contributed by atoms with van der Waals surface area (Å²) in [5.74, 6) is 2.29. The predicted octanol–water partition coefficient (Wildman–Crippen LogP) is 7.77. The molecule has 2 aromatic carbocycles. The van der Waals surface area contributed by atoms with Gasteiger partial charge in [-0.05, 0) is 169 Å². The minimum atomic E-state index is -1.89. The molecule has 0 radical (unpaired) electrons. The minimum Gasteiger partial charge on any atom is -0.507 e. The molecule has 17 heteroatoms. The molecule has 15 nitrogen and oxygen atoms in total. The Bertz CT molecular complexity index is 2810. The Morgan fingerprint density at radius 2 is 1.70 bits per heavy atom. The van der Waals surface area contributed by atoms with E-state index in [0.717, 1.165) is 122 Å². The monoisotopic (exact) mass is 1050 g/mol. The Morgan fingerprint density at radius 1 is 0.934 bits per heavy atom. The normalized spacial score (nSPS) is 26.7. The largest absolute Gasteiger partial charge is 0.507 e. The number of hydrogen-bond acceptors (Lipinski definition) is 13. The number of fused-ring (bicyclic) bond motifs is 1. The number of likely N-dealkylation sites (tertiary alicyclic amines) is 2. The summed E-state index contributed by atoms with van der Waals surface area (Å²) in [5, 5.41) is 16.4. The second kappa shape index (κ2) is 22.1. The zero-order valence-corrected chi connectivity index (χ0v) is 45.1. The highest BCUT2D eigenvalue weighted by Gasteiger charge is 2.63. The van der Waals surface area contributed by atoms with Gasteiger partial charge in [0.25, 0.3) is 5.91 Å². The fourth-order valence-corrected chi connectivity index (χ4v) is 14.7. The van der Waals surface area contributed by atoms with Crippen LogP contribution in [0.25, 0.3) is 16.1 Å². The second-order valence-electron chi connectivity index (χ2n) is 23.3. The molecular weight excluding hydrogens is 978 g/mol. The van der Waals surface area contributed by atoms with E-state index in [-0.39, 0.29) is 41.7 Å². The average Bonchev–Trinajstić information content (AvgIpc) is 3.92. The van der Waals surface area contributed by atoms with Crippen LogP contribution in [0, 0.1) is 30.6 Å². The lowest BCUT2D eigenvalue weighted by molar-refractivity contribution is -0.144. The smallest absolute Gasteiger partial charge is 0.258 e. The molecule has 4 aromatic rings. The molecule has 0 spiro atoms. The SMILES string of the molecule is Cc1ncsc1-c1ccc(CNC(=O)[C@@H]2CCCN2C(=O)C(NC(=O)C2(F)CC2)C2CCC(N(C)CCCCCCCc3cnc(C45CC6CC4C(CN(C4=C(N)NNC(c7ccccc7O)=C4)C6)C5)nc3)CC2)cc1. The van der Waals surface area contributed by atoms with Crippen LogP contribution in [0.15, 0.2) is 84.0 Å². The number of aromatic hydroxyl groups is 1. The quantitative estimate of drug-likeness (QED) is 0.0472. The van der Waals surface area contributed by atoms with Crippen LogP contribution in [0.4, 0.5) is 4.39 Å². The summed E-state index contributed by atoms with van der Waals surface area (Å²) >= 11 is 1.60. The number of alkyl halides is 1. The first-order valence-corrected chi connectivity index (χ1v) is 29.1. The van der Waals surface area contributed by atoms with Crippen molar-refractivity contribution in [3.63, 3.8) is 0 Å². The molecule has 4 saturated carbocycles. The summed E-state index contributed by atoms with van der Waals surface area (Å²) in [5.41, 5.74) is 19.6. The number of carbonyl (C=O) groups is 3. The van der Waals surface area contributed by atoms with E-state index in [1.54, 1.807) is 22.3 Å². The summed E-state index contributed by atoms with van der Waals surface area (Å²) in [6.45, 7) is 5.68. The van der Waals surface area contributed by atoms with E-state index in [9.17, 15) is 19.5 Å². The Kier molecular flexibility index (Phi) is 15.1. The molecule has 2 saturated heterocycles. The lowest BCUT2D eigenvalue weighted by Gasteiger charge is -2.53. The molecular formula is C59H76FN11O4S. The molecule has 5 unspecified atom stereocenters. The summed E-state index contributed by atoms with van der Waals surface area (Å²) in [6.07, 6.45) is 21.3. The molecule has 5 heterocycles.